The van der Waals surface area contributed by atoms with E-state index >= 15 is 0 Å². The van der Waals surface area contributed by atoms with Crippen LogP contribution >= 0.6 is 0 Å². The number of hydrogen-bond donors (Lipinski definition) is 0. The van der Waals surface area contributed by atoms with E-state index in [1.165, 1.54) is 0 Å². The van der Waals surface area contributed by atoms with Gasteiger partial charge in [-0.25, -0.2) is 0 Å². The van der Waals surface area contributed by atoms with Crippen LogP contribution in [0.3, 0.4) is 0 Å². The Kier molecular flexibility index (Phi) is 7.15. The number of carbonyl (C=O) groups is 2. The van der Waals surface area contributed by atoms with Crippen molar-refractivity contribution in [3.63, 3.8) is 0 Å². The fourth-order valence-electron chi connectivity index (χ4n) is 4.28. The van der Waals surface area contributed by atoms with Crippen molar-refractivity contribution >= 4 is 17.3 Å². The molecule has 1 amide bonds. The molecule has 0 spiro atoms. The largest absolute Gasteiger partial charge is 0.492 e. The van der Waals surface area contributed by atoms with Gasteiger partial charge in [-0.1, -0.05) is 48.5 Å². The van der Waals surface area contributed by atoms with Gasteiger partial charge in [-0.15, -0.1) is 0 Å². The van der Waals surface area contributed by atoms with E-state index in [9.17, 15) is 9.59 Å². The summed E-state index contributed by atoms with van der Waals surface area (Å²) in [7, 11) is 0. The maximum atomic E-state index is 13.3. The molecule has 1 saturated heterocycles. The van der Waals surface area contributed by atoms with Crippen LogP contribution in [0, 0.1) is 0 Å². The van der Waals surface area contributed by atoms with Crippen molar-refractivity contribution < 1.29 is 19.1 Å². The van der Waals surface area contributed by atoms with E-state index < -0.39 is 0 Å². The number of ketones is 1. The van der Waals surface area contributed by atoms with E-state index in [0.29, 0.717) is 38.1 Å². The normalized spacial score (nSPS) is 18.5. The Morgan fingerprint density at radius 2 is 1.77 bits per heavy atom. The predicted molar refractivity (Wildman–Crippen MR) is 120 cm³/mol. The zero-order valence-corrected chi connectivity index (χ0v) is 17.8. The highest BCUT2D eigenvalue weighted by Gasteiger charge is 2.29. The smallest absolute Gasteiger partial charge is 0.227 e. The Morgan fingerprint density at radius 1 is 1.03 bits per heavy atom. The van der Waals surface area contributed by atoms with Gasteiger partial charge in [0.2, 0.25) is 5.91 Å². The minimum absolute atomic E-state index is 0.0363. The number of amides is 1. The molecule has 0 aromatic heterocycles. The molecule has 2 aromatic carbocycles. The Hall–Kier alpha value is -2.92. The number of rotatable bonds is 9. The minimum atomic E-state index is -0.0363. The molecule has 0 saturated carbocycles. The predicted octanol–water partition coefficient (Wildman–Crippen LogP) is 4.28. The SMILES string of the molecule is O=C1CCC(c2ccccc2)=C1CC(=O)N(CCOc1ccccc1)CC1CCCO1. The van der Waals surface area contributed by atoms with E-state index in [1.807, 2.05) is 60.7 Å². The standard InChI is InChI=1S/C26H29NO4/c28-25-14-13-23(20-8-3-1-4-9-20)24(25)18-26(29)27(19-22-12-7-16-30-22)15-17-31-21-10-5-2-6-11-21/h1-6,8-11,22H,7,12-19H2. The molecule has 1 atom stereocenters. The lowest BCUT2D eigenvalue weighted by molar-refractivity contribution is -0.133. The Morgan fingerprint density at radius 3 is 2.48 bits per heavy atom. The van der Waals surface area contributed by atoms with Gasteiger partial charge in [-0.3, -0.25) is 9.59 Å². The van der Waals surface area contributed by atoms with Crippen LogP contribution < -0.4 is 4.74 Å². The Labute approximate surface area is 183 Å². The van der Waals surface area contributed by atoms with Crippen molar-refractivity contribution in [3.05, 3.63) is 71.8 Å². The maximum Gasteiger partial charge on any atom is 0.227 e. The third-order valence-electron chi connectivity index (χ3n) is 5.93. The van der Waals surface area contributed by atoms with Crippen molar-refractivity contribution in [2.45, 2.75) is 38.2 Å². The molecule has 1 aliphatic carbocycles. The molecule has 2 aliphatic rings. The van der Waals surface area contributed by atoms with Crippen molar-refractivity contribution in [2.24, 2.45) is 0 Å². The van der Waals surface area contributed by atoms with Crippen molar-refractivity contribution in [3.8, 4) is 5.75 Å². The molecular formula is C26H29NO4. The second-order valence-electron chi connectivity index (χ2n) is 8.06. The highest BCUT2D eigenvalue weighted by molar-refractivity contribution is 6.10. The fraction of sp³-hybridized carbons (Fsp3) is 0.385. The molecule has 0 radical (unpaired) electrons. The van der Waals surface area contributed by atoms with Crippen molar-refractivity contribution in [2.75, 3.05) is 26.3 Å². The van der Waals surface area contributed by atoms with Crippen LogP contribution in [0.4, 0.5) is 0 Å². The highest BCUT2D eigenvalue weighted by atomic mass is 16.5. The van der Waals surface area contributed by atoms with Gasteiger partial charge in [-0.05, 0) is 42.5 Å². The second kappa shape index (κ2) is 10.4. The second-order valence-corrected chi connectivity index (χ2v) is 8.06. The fourth-order valence-corrected chi connectivity index (χ4v) is 4.28. The van der Waals surface area contributed by atoms with Gasteiger partial charge in [0.15, 0.2) is 5.78 Å². The molecule has 1 heterocycles. The first-order valence-corrected chi connectivity index (χ1v) is 11.1. The zero-order valence-electron chi connectivity index (χ0n) is 17.8. The summed E-state index contributed by atoms with van der Waals surface area (Å²) in [6.45, 7) is 2.16. The maximum absolute atomic E-state index is 13.3. The summed E-state index contributed by atoms with van der Waals surface area (Å²) < 4.78 is 11.6. The summed E-state index contributed by atoms with van der Waals surface area (Å²) in [5, 5.41) is 0. The van der Waals surface area contributed by atoms with Crippen LogP contribution in [0.1, 0.15) is 37.7 Å². The molecule has 31 heavy (non-hydrogen) atoms. The molecule has 1 fully saturated rings. The van der Waals surface area contributed by atoms with Gasteiger partial charge in [0.25, 0.3) is 0 Å². The third-order valence-corrected chi connectivity index (χ3v) is 5.93. The number of ether oxygens (including phenoxy) is 2. The number of Topliss-reactive ketones (excluding diaryl/α,β-unsaturated/α-hetero) is 1. The molecule has 162 valence electrons. The van der Waals surface area contributed by atoms with Gasteiger partial charge >= 0.3 is 0 Å². The molecular weight excluding hydrogens is 390 g/mol. The highest BCUT2D eigenvalue weighted by Crippen LogP contribution is 2.33. The van der Waals surface area contributed by atoms with Crippen LogP contribution in [-0.4, -0.2) is 49.0 Å². The van der Waals surface area contributed by atoms with Gasteiger partial charge < -0.3 is 14.4 Å². The van der Waals surface area contributed by atoms with Gasteiger partial charge in [0.05, 0.1) is 19.1 Å². The van der Waals surface area contributed by atoms with Gasteiger partial charge in [0, 0.05) is 25.1 Å². The van der Waals surface area contributed by atoms with Crippen LogP contribution in [0.5, 0.6) is 5.75 Å². The number of benzene rings is 2. The first kappa shape index (κ1) is 21.3. The molecule has 0 N–H and O–H groups in total. The zero-order chi connectivity index (χ0) is 21.5. The van der Waals surface area contributed by atoms with Crippen molar-refractivity contribution in [1.82, 2.24) is 4.90 Å². The number of carbonyl (C=O) groups excluding carboxylic acids is 2. The topological polar surface area (TPSA) is 55.8 Å². The average molecular weight is 420 g/mol. The lowest BCUT2D eigenvalue weighted by atomic mass is 9.99. The summed E-state index contributed by atoms with van der Waals surface area (Å²) in [6.07, 6.45) is 3.36. The first-order valence-electron chi connectivity index (χ1n) is 11.1. The summed E-state index contributed by atoms with van der Waals surface area (Å²) in [5.74, 6) is 0.836. The van der Waals surface area contributed by atoms with E-state index in [4.69, 9.17) is 9.47 Å². The average Bonchev–Trinajstić information content (AvgIpc) is 3.44. The number of para-hydroxylation sites is 1. The Bertz CT molecular complexity index is 917. The van der Waals surface area contributed by atoms with Crippen LogP contribution in [0.15, 0.2) is 66.2 Å². The monoisotopic (exact) mass is 419 g/mol. The Balaban J connectivity index is 1.45. The summed E-state index contributed by atoms with van der Waals surface area (Å²) in [5.41, 5.74) is 2.71. The lowest BCUT2D eigenvalue weighted by Gasteiger charge is -2.26. The third kappa shape index (κ3) is 5.61. The van der Waals surface area contributed by atoms with E-state index in [2.05, 4.69) is 0 Å². The van der Waals surface area contributed by atoms with E-state index in [-0.39, 0.29) is 24.2 Å². The summed E-state index contributed by atoms with van der Waals surface area (Å²) >= 11 is 0. The van der Waals surface area contributed by atoms with Gasteiger partial charge in [-0.2, -0.15) is 0 Å². The number of nitrogens with zero attached hydrogens (tertiary/aromatic N) is 1. The van der Waals surface area contributed by atoms with E-state index in [0.717, 1.165) is 36.3 Å². The summed E-state index contributed by atoms with van der Waals surface area (Å²) in [4.78, 5) is 27.7. The van der Waals surface area contributed by atoms with Crippen molar-refractivity contribution in [1.29, 1.82) is 0 Å². The molecule has 5 nitrogen and oxygen atoms in total. The number of hydrogen-bond acceptors (Lipinski definition) is 4. The molecule has 5 heteroatoms. The first-order chi connectivity index (χ1) is 15.2. The summed E-state index contributed by atoms with van der Waals surface area (Å²) in [6, 6.07) is 19.5. The van der Waals surface area contributed by atoms with Crippen LogP contribution in [-0.2, 0) is 14.3 Å². The van der Waals surface area contributed by atoms with Gasteiger partial charge in [0.1, 0.15) is 12.4 Å². The molecule has 2 aromatic rings. The van der Waals surface area contributed by atoms with E-state index in [1.54, 1.807) is 4.90 Å². The quantitative estimate of drug-likeness (QED) is 0.609. The van der Waals surface area contributed by atoms with Crippen LogP contribution in [0.2, 0.25) is 0 Å². The lowest BCUT2D eigenvalue weighted by Crippen LogP contribution is -2.40. The number of allylic oxidation sites excluding steroid dienone is 1. The molecule has 0 bridgehead atoms. The molecule has 1 unspecified atom stereocenters. The minimum Gasteiger partial charge on any atom is -0.492 e. The molecule has 4 rings (SSSR count). The molecule has 1 aliphatic heterocycles. The van der Waals surface area contributed by atoms with Crippen LogP contribution in [0.25, 0.3) is 5.57 Å².